The number of phosphoric acid groups is 2. The monoisotopic (exact) mass is 1490 g/mol. The zero-order valence-electron chi connectivity index (χ0n) is 66.8. The maximum Gasteiger partial charge on any atom is 0.472 e. The van der Waals surface area contributed by atoms with Gasteiger partial charge in [0.25, 0.3) is 0 Å². The van der Waals surface area contributed by atoms with Gasteiger partial charge in [-0.2, -0.15) is 0 Å². The lowest BCUT2D eigenvalue weighted by molar-refractivity contribution is -0.161. The highest BCUT2D eigenvalue weighted by Crippen LogP contribution is 2.45. The molecular weight excluding hydrogens is 1330 g/mol. The van der Waals surface area contributed by atoms with Gasteiger partial charge in [0.2, 0.25) is 0 Å². The van der Waals surface area contributed by atoms with Gasteiger partial charge in [-0.05, 0) is 31.6 Å². The number of ether oxygens (including phenoxy) is 4. The molecule has 102 heavy (non-hydrogen) atoms. The van der Waals surface area contributed by atoms with Crippen LogP contribution in [0.1, 0.15) is 446 Å². The number of esters is 4. The normalized spacial score (nSPS) is 14.1. The van der Waals surface area contributed by atoms with Crippen LogP contribution in [-0.2, 0) is 65.4 Å². The van der Waals surface area contributed by atoms with Crippen LogP contribution >= 0.6 is 15.6 Å². The second kappa shape index (κ2) is 75.9. The SMILES string of the molecule is CCCCCCCCCCCCCCCCCCCCCCCC(=O)O[C@H](COC(=O)CCCCCCCCCCCCCCCCCCCC)COP(=O)(O)OC[C@@H](O)COP(=O)(O)OC[C@@H](COC(=O)CCCCCCCCC(C)CC)OC(=O)CCCCCCCCCCCCCCC. The van der Waals surface area contributed by atoms with E-state index in [1.54, 1.807) is 0 Å². The standard InChI is InChI=1S/C83H162O17P2/c1-6-10-13-16-19-22-25-28-30-32-34-35-36-38-40-43-46-49-52-59-64-69-82(87)99-78(72-93-80(85)66-61-56-50-47-44-42-39-37-33-31-29-26-23-20-17-14-11-7-2)74-97-101(89,90)95-70-77(84)71-96-102(91,92)98-75-79(73-94-81(86)67-62-57-54-53-55-60-65-76(5)9-4)100-83(88)68-63-58-51-48-45-41-27-24-21-18-15-12-8-3/h76-79,84H,6-75H2,1-5H3,(H,89,90)(H,91,92)/t76?,77-,78-,79-/m1/s1. The number of carbonyl (C=O) groups is 4. The highest BCUT2D eigenvalue weighted by Gasteiger charge is 2.30. The van der Waals surface area contributed by atoms with Gasteiger partial charge in [-0.25, -0.2) is 9.13 Å². The average molecular weight is 1490 g/mol. The molecule has 3 N–H and O–H groups in total. The minimum atomic E-state index is -4.96. The number of carbonyl (C=O) groups excluding carboxylic acids is 4. The Balaban J connectivity index is 5.22. The highest BCUT2D eigenvalue weighted by molar-refractivity contribution is 7.47. The summed E-state index contributed by atoms with van der Waals surface area (Å²) in [5.41, 5.74) is 0. The summed E-state index contributed by atoms with van der Waals surface area (Å²) in [6.07, 6.45) is 68.1. The first-order valence-corrected chi connectivity index (χ1v) is 46.2. The average Bonchev–Trinajstić information content (AvgIpc) is 1.58. The molecule has 0 aliphatic carbocycles. The van der Waals surface area contributed by atoms with Crippen LogP contribution in [0, 0.1) is 5.92 Å². The molecule has 0 saturated carbocycles. The predicted molar refractivity (Wildman–Crippen MR) is 418 cm³/mol. The van der Waals surface area contributed by atoms with Gasteiger partial charge in [0.05, 0.1) is 26.4 Å². The van der Waals surface area contributed by atoms with Crippen LogP contribution in [0.5, 0.6) is 0 Å². The summed E-state index contributed by atoms with van der Waals surface area (Å²) in [5.74, 6) is -1.37. The molecule has 0 rings (SSSR count). The Kier molecular flexibility index (Phi) is 74.4. The lowest BCUT2D eigenvalue weighted by atomic mass is 10.00. The number of aliphatic hydroxyl groups is 1. The third kappa shape index (κ3) is 74.9. The molecule has 0 radical (unpaired) electrons. The molecule has 0 saturated heterocycles. The summed E-state index contributed by atoms with van der Waals surface area (Å²) < 4.78 is 68.8. The van der Waals surface area contributed by atoms with Crippen LogP contribution in [0.3, 0.4) is 0 Å². The number of aliphatic hydroxyl groups excluding tert-OH is 1. The molecule has 0 bridgehead atoms. The van der Waals surface area contributed by atoms with Crippen molar-refractivity contribution in [2.45, 2.75) is 464 Å². The van der Waals surface area contributed by atoms with E-state index in [9.17, 15) is 43.2 Å². The zero-order valence-corrected chi connectivity index (χ0v) is 68.5. The van der Waals surface area contributed by atoms with Crippen molar-refractivity contribution < 1.29 is 80.2 Å². The van der Waals surface area contributed by atoms with Gasteiger partial charge < -0.3 is 33.8 Å². The third-order valence-electron chi connectivity index (χ3n) is 19.9. The fourth-order valence-electron chi connectivity index (χ4n) is 12.9. The summed E-state index contributed by atoms with van der Waals surface area (Å²) >= 11 is 0. The van der Waals surface area contributed by atoms with Gasteiger partial charge in [-0.15, -0.1) is 0 Å². The van der Waals surface area contributed by atoms with Crippen LogP contribution in [0.15, 0.2) is 0 Å². The first-order valence-electron chi connectivity index (χ1n) is 43.2. The van der Waals surface area contributed by atoms with Crippen molar-refractivity contribution in [1.82, 2.24) is 0 Å². The molecule has 0 aliphatic rings. The molecule has 0 fully saturated rings. The molecule has 3 unspecified atom stereocenters. The summed E-state index contributed by atoms with van der Waals surface area (Å²) in [4.78, 5) is 73.1. The van der Waals surface area contributed by atoms with Crippen LogP contribution < -0.4 is 0 Å². The summed E-state index contributed by atoms with van der Waals surface area (Å²) in [7, 11) is -9.92. The molecule has 0 heterocycles. The number of phosphoric ester groups is 2. The molecule has 0 aromatic heterocycles. The maximum atomic E-state index is 13.1. The van der Waals surface area contributed by atoms with Crippen molar-refractivity contribution in [2.24, 2.45) is 5.92 Å². The second-order valence-electron chi connectivity index (χ2n) is 30.1. The molecule has 6 atom stereocenters. The zero-order chi connectivity index (χ0) is 74.8. The van der Waals surface area contributed by atoms with Crippen molar-refractivity contribution >= 4 is 39.5 Å². The Labute approximate surface area is 626 Å². The van der Waals surface area contributed by atoms with Gasteiger partial charge in [0.15, 0.2) is 12.2 Å². The fourth-order valence-corrected chi connectivity index (χ4v) is 14.5. The van der Waals surface area contributed by atoms with Crippen LogP contribution in [0.25, 0.3) is 0 Å². The second-order valence-corrected chi connectivity index (χ2v) is 33.0. The number of rotatable bonds is 83. The number of unbranched alkanes of at least 4 members (excludes halogenated alkanes) is 54. The lowest BCUT2D eigenvalue weighted by Gasteiger charge is -2.21. The van der Waals surface area contributed by atoms with Crippen LogP contribution in [0.2, 0.25) is 0 Å². The van der Waals surface area contributed by atoms with Crippen molar-refractivity contribution in [3.05, 3.63) is 0 Å². The summed E-state index contributed by atoms with van der Waals surface area (Å²) in [6, 6.07) is 0. The van der Waals surface area contributed by atoms with E-state index in [1.165, 1.54) is 263 Å². The minimum Gasteiger partial charge on any atom is -0.462 e. The Morgan fingerprint density at radius 3 is 0.696 bits per heavy atom. The Bertz CT molecular complexity index is 1950. The summed E-state index contributed by atoms with van der Waals surface area (Å²) in [6.45, 7) is 7.30. The van der Waals surface area contributed by atoms with Gasteiger partial charge >= 0.3 is 39.5 Å². The minimum absolute atomic E-state index is 0.107. The van der Waals surface area contributed by atoms with Gasteiger partial charge in [0, 0.05) is 25.7 Å². The van der Waals surface area contributed by atoms with Crippen molar-refractivity contribution in [3.63, 3.8) is 0 Å². The molecule has 19 heteroatoms. The fraction of sp³-hybridized carbons (Fsp3) is 0.952. The topological polar surface area (TPSA) is 237 Å². The van der Waals surface area contributed by atoms with Crippen LogP contribution in [-0.4, -0.2) is 96.7 Å². The third-order valence-corrected chi connectivity index (χ3v) is 21.8. The molecule has 0 aromatic carbocycles. The predicted octanol–water partition coefficient (Wildman–Crippen LogP) is 25.2. The largest absolute Gasteiger partial charge is 0.472 e. The number of hydrogen-bond acceptors (Lipinski definition) is 15. The van der Waals surface area contributed by atoms with E-state index in [1.807, 2.05) is 0 Å². The Morgan fingerprint density at radius 2 is 0.471 bits per heavy atom. The van der Waals surface area contributed by atoms with E-state index in [0.717, 1.165) is 102 Å². The molecule has 0 aromatic rings. The van der Waals surface area contributed by atoms with Crippen molar-refractivity contribution in [3.8, 4) is 0 Å². The molecule has 0 spiro atoms. The maximum absolute atomic E-state index is 13.1. The smallest absolute Gasteiger partial charge is 0.462 e. The van der Waals surface area contributed by atoms with Gasteiger partial charge in [-0.1, -0.05) is 394 Å². The van der Waals surface area contributed by atoms with E-state index in [-0.39, 0.29) is 25.7 Å². The van der Waals surface area contributed by atoms with Gasteiger partial charge in [0.1, 0.15) is 19.3 Å². The van der Waals surface area contributed by atoms with Crippen molar-refractivity contribution in [2.75, 3.05) is 39.6 Å². The quantitative estimate of drug-likeness (QED) is 0.0222. The molecule has 0 amide bonds. The van der Waals surface area contributed by atoms with Crippen molar-refractivity contribution in [1.29, 1.82) is 0 Å². The van der Waals surface area contributed by atoms with Gasteiger partial charge in [-0.3, -0.25) is 37.3 Å². The van der Waals surface area contributed by atoms with E-state index >= 15 is 0 Å². The Morgan fingerprint density at radius 1 is 0.275 bits per heavy atom. The molecular formula is C83H162O17P2. The van der Waals surface area contributed by atoms with Crippen LogP contribution in [0.4, 0.5) is 0 Å². The molecule has 606 valence electrons. The number of hydrogen-bond donors (Lipinski definition) is 3. The van der Waals surface area contributed by atoms with E-state index in [0.29, 0.717) is 25.7 Å². The first-order chi connectivity index (χ1) is 49.6. The molecule has 0 aliphatic heterocycles. The van der Waals surface area contributed by atoms with E-state index in [2.05, 4.69) is 34.6 Å². The Hall–Kier alpha value is -1.94. The molecule has 17 nitrogen and oxygen atoms in total. The summed E-state index contributed by atoms with van der Waals surface area (Å²) in [5, 5.41) is 10.6. The van der Waals surface area contributed by atoms with E-state index in [4.69, 9.17) is 37.0 Å². The highest BCUT2D eigenvalue weighted by atomic mass is 31.2. The lowest BCUT2D eigenvalue weighted by Crippen LogP contribution is -2.30. The van der Waals surface area contributed by atoms with E-state index < -0.39 is 97.5 Å². The first kappa shape index (κ1) is 100.